The lowest BCUT2D eigenvalue weighted by Crippen LogP contribution is -2.43. The molecule has 1 N–H and O–H groups in total. The minimum absolute atomic E-state index is 0.0961. The van der Waals surface area contributed by atoms with Crippen LogP contribution in [0.15, 0.2) is 24.3 Å². The molecule has 0 aliphatic carbocycles. The van der Waals surface area contributed by atoms with Crippen LogP contribution in [0.5, 0.6) is 5.75 Å². The molecule has 122 valence electrons. The lowest BCUT2D eigenvalue weighted by atomic mass is 10.2. The second kappa shape index (κ2) is 8.34. The van der Waals surface area contributed by atoms with Gasteiger partial charge >= 0.3 is 0 Å². The molecule has 0 saturated heterocycles. The van der Waals surface area contributed by atoms with Crippen molar-refractivity contribution >= 4 is 21.8 Å². The third-order valence-corrected chi connectivity index (χ3v) is 4.69. The lowest BCUT2D eigenvalue weighted by molar-refractivity contribution is 0.224. The van der Waals surface area contributed by atoms with Crippen molar-refractivity contribution in [1.29, 1.82) is 5.26 Å². The highest BCUT2D eigenvalue weighted by molar-refractivity contribution is 7.87. The van der Waals surface area contributed by atoms with Crippen LogP contribution in [0.1, 0.15) is 13.8 Å². The molecule has 0 amide bonds. The zero-order chi connectivity index (χ0) is 16.8. The van der Waals surface area contributed by atoms with Crippen LogP contribution in [-0.4, -0.2) is 39.0 Å². The van der Waals surface area contributed by atoms with Gasteiger partial charge in [0.1, 0.15) is 11.9 Å². The molecule has 0 radical (unpaired) electrons. The molecule has 1 aromatic rings. The van der Waals surface area contributed by atoms with Crippen molar-refractivity contribution in [3.8, 4) is 11.8 Å². The summed E-state index contributed by atoms with van der Waals surface area (Å²) in [4.78, 5) is 0. The van der Waals surface area contributed by atoms with E-state index in [9.17, 15) is 8.42 Å². The summed E-state index contributed by atoms with van der Waals surface area (Å²) >= 11 is 5.98. The van der Waals surface area contributed by atoms with Crippen LogP contribution in [0.2, 0.25) is 5.02 Å². The second-order valence-corrected chi connectivity index (χ2v) is 7.29. The number of hydrogen-bond acceptors (Lipinski definition) is 4. The van der Waals surface area contributed by atoms with Crippen molar-refractivity contribution in [3.63, 3.8) is 0 Å². The number of nitrogens with one attached hydrogen (secondary N) is 1. The Kier molecular flexibility index (Phi) is 7.10. The van der Waals surface area contributed by atoms with Crippen LogP contribution in [0, 0.1) is 17.2 Å². The minimum atomic E-state index is -3.64. The minimum Gasteiger partial charge on any atom is -0.488 e. The summed E-state index contributed by atoms with van der Waals surface area (Å²) < 4.78 is 33.2. The quantitative estimate of drug-likeness (QED) is 0.781. The Labute approximate surface area is 136 Å². The summed E-state index contributed by atoms with van der Waals surface area (Å²) in [5, 5.41) is 9.20. The van der Waals surface area contributed by atoms with Gasteiger partial charge in [0, 0.05) is 20.1 Å². The van der Waals surface area contributed by atoms with Gasteiger partial charge in [0.05, 0.1) is 17.0 Å². The predicted molar refractivity (Wildman–Crippen MR) is 85.9 cm³/mol. The third kappa shape index (κ3) is 5.81. The Balaban J connectivity index is 2.54. The van der Waals surface area contributed by atoms with Crippen molar-refractivity contribution in [2.45, 2.75) is 20.0 Å². The van der Waals surface area contributed by atoms with E-state index < -0.39 is 16.3 Å². The first-order valence-electron chi connectivity index (χ1n) is 6.78. The standard InChI is InChI=1S/C14H20ClN3O3S/c1-11(8-16)10-18(3)22(19,20)17-9-12(2)21-14-7-5-4-6-13(14)15/h4-7,11-12,17H,9-10H2,1-3H3. The molecule has 2 unspecified atom stereocenters. The topological polar surface area (TPSA) is 82.4 Å². The zero-order valence-corrected chi connectivity index (χ0v) is 14.4. The van der Waals surface area contributed by atoms with Crippen LogP contribution in [0.25, 0.3) is 0 Å². The van der Waals surface area contributed by atoms with Gasteiger partial charge in [-0.15, -0.1) is 0 Å². The summed E-state index contributed by atoms with van der Waals surface area (Å²) in [6.07, 6.45) is -0.392. The highest BCUT2D eigenvalue weighted by Crippen LogP contribution is 2.24. The summed E-state index contributed by atoms with van der Waals surface area (Å²) in [5.74, 6) is 0.126. The maximum absolute atomic E-state index is 12.0. The predicted octanol–water partition coefficient (Wildman–Crippen LogP) is 2.03. The van der Waals surface area contributed by atoms with Crippen LogP contribution >= 0.6 is 11.6 Å². The molecule has 6 nitrogen and oxygen atoms in total. The molecule has 8 heteroatoms. The van der Waals surface area contributed by atoms with Crippen LogP contribution in [0.3, 0.4) is 0 Å². The smallest absolute Gasteiger partial charge is 0.279 e. The molecular weight excluding hydrogens is 326 g/mol. The second-order valence-electron chi connectivity index (χ2n) is 5.02. The van der Waals surface area contributed by atoms with Crippen LogP contribution in [0.4, 0.5) is 0 Å². The van der Waals surface area contributed by atoms with Gasteiger partial charge in [-0.25, -0.2) is 0 Å². The maximum atomic E-state index is 12.0. The first kappa shape index (κ1) is 18.7. The molecule has 0 aliphatic rings. The monoisotopic (exact) mass is 345 g/mol. The van der Waals surface area contributed by atoms with Crippen molar-refractivity contribution in [2.24, 2.45) is 5.92 Å². The average molecular weight is 346 g/mol. The molecule has 2 atom stereocenters. The van der Waals surface area contributed by atoms with Crippen molar-refractivity contribution < 1.29 is 13.2 Å². The fourth-order valence-corrected chi connectivity index (χ4v) is 2.92. The zero-order valence-electron chi connectivity index (χ0n) is 12.8. The van der Waals surface area contributed by atoms with E-state index in [0.29, 0.717) is 10.8 Å². The summed E-state index contributed by atoms with van der Waals surface area (Å²) in [6.45, 7) is 3.63. The van der Waals surface area contributed by atoms with Gasteiger partial charge < -0.3 is 4.74 Å². The molecular formula is C14H20ClN3O3S. The average Bonchev–Trinajstić information content (AvgIpc) is 2.47. The molecule has 0 spiro atoms. The van der Waals surface area contributed by atoms with E-state index in [1.165, 1.54) is 7.05 Å². The SMILES string of the molecule is CC(C#N)CN(C)S(=O)(=O)NCC(C)Oc1ccccc1Cl. The number of benzene rings is 1. The van der Waals surface area contributed by atoms with E-state index in [4.69, 9.17) is 21.6 Å². The third-order valence-electron chi connectivity index (χ3n) is 2.88. The van der Waals surface area contributed by atoms with E-state index in [-0.39, 0.29) is 19.0 Å². The number of hydrogen-bond donors (Lipinski definition) is 1. The van der Waals surface area contributed by atoms with Crippen molar-refractivity contribution in [1.82, 2.24) is 9.03 Å². The fraction of sp³-hybridized carbons (Fsp3) is 0.500. The van der Waals surface area contributed by atoms with Crippen molar-refractivity contribution in [2.75, 3.05) is 20.1 Å². The van der Waals surface area contributed by atoms with Gasteiger partial charge in [-0.1, -0.05) is 23.7 Å². The number of ether oxygens (including phenoxy) is 1. The lowest BCUT2D eigenvalue weighted by Gasteiger charge is -2.21. The van der Waals surface area contributed by atoms with Gasteiger partial charge in [-0.05, 0) is 26.0 Å². The number of para-hydroxylation sites is 1. The number of rotatable bonds is 8. The highest BCUT2D eigenvalue weighted by Gasteiger charge is 2.20. The first-order valence-corrected chi connectivity index (χ1v) is 8.59. The van der Waals surface area contributed by atoms with Gasteiger partial charge in [0.15, 0.2) is 0 Å². The van der Waals surface area contributed by atoms with E-state index in [2.05, 4.69) is 4.72 Å². The van der Waals surface area contributed by atoms with Gasteiger partial charge in [-0.2, -0.15) is 22.7 Å². The number of halogens is 1. The van der Waals surface area contributed by atoms with E-state index >= 15 is 0 Å². The Morgan fingerprint density at radius 2 is 2.05 bits per heavy atom. The molecule has 0 bridgehead atoms. The summed E-state index contributed by atoms with van der Waals surface area (Å²) in [5.41, 5.74) is 0. The van der Waals surface area contributed by atoms with Gasteiger partial charge in [0.25, 0.3) is 10.2 Å². The molecule has 22 heavy (non-hydrogen) atoms. The van der Waals surface area contributed by atoms with Gasteiger partial charge in [-0.3, -0.25) is 0 Å². The van der Waals surface area contributed by atoms with E-state index in [0.717, 1.165) is 4.31 Å². The molecule has 0 fully saturated rings. The highest BCUT2D eigenvalue weighted by atomic mass is 35.5. The Bertz CT molecular complexity index is 630. The maximum Gasteiger partial charge on any atom is 0.279 e. The van der Waals surface area contributed by atoms with Crippen LogP contribution < -0.4 is 9.46 Å². The van der Waals surface area contributed by atoms with E-state index in [1.54, 1.807) is 38.1 Å². The summed E-state index contributed by atoms with van der Waals surface area (Å²) in [6, 6.07) is 8.99. The molecule has 1 aromatic carbocycles. The first-order chi connectivity index (χ1) is 10.3. The molecule has 0 heterocycles. The fourth-order valence-electron chi connectivity index (χ4n) is 1.66. The number of nitriles is 1. The normalized spacial score (nSPS) is 14.4. The molecule has 0 aliphatic heterocycles. The number of nitrogens with zero attached hydrogens (tertiary/aromatic N) is 2. The Morgan fingerprint density at radius 3 is 2.64 bits per heavy atom. The van der Waals surface area contributed by atoms with Crippen LogP contribution in [-0.2, 0) is 10.2 Å². The molecule has 1 rings (SSSR count). The largest absolute Gasteiger partial charge is 0.488 e. The van der Waals surface area contributed by atoms with E-state index in [1.807, 2.05) is 6.07 Å². The molecule has 0 aromatic heterocycles. The Hall–Kier alpha value is -1.33. The Morgan fingerprint density at radius 1 is 1.41 bits per heavy atom. The van der Waals surface area contributed by atoms with Crippen molar-refractivity contribution in [3.05, 3.63) is 29.3 Å². The molecule has 0 saturated carbocycles. The summed E-state index contributed by atoms with van der Waals surface area (Å²) in [7, 11) is -2.22. The van der Waals surface area contributed by atoms with Gasteiger partial charge in [0.2, 0.25) is 0 Å².